The van der Waals surface area contributed by atoms with Crippen LogP contribution in [0.25, 0.3) is 0 Å². The molecule has 1 aromatic carbocycles. The monoisotopic (exact) mass is 342 g/mol. The molecule has 3 N–H and O–H groups in total. The Bertz CT molecular complexity index is 476. The minimum Gasteiger partial charge on any atom is -0.388 e. The lowest BCUT2D eigenvalue weighted by Gasteiger charge is -2.28. The van der Waals surface area contributed by atoms with Crippen molar-refractivity contribution in [2.24, 2.45) is 5.92 Å². The summed E-state index contributed by atoms with van der Waals surface area (Å²) in [6.07, 6.45) is 0. The highest BCUT2D eigenvalue weighted by atomic mass is 79.9. The average molecular weight is 343 g/mol. The summed E-state index contributed by atoms with van der Waals surface area (Å²) in [4.78, 5) is 11.9. The fourth-order valence-electron chi connectivity index (χ4n) is 1.73. The summed E-state index contributed by atoms with van der Waals surface area (Å²) in [6, 6.07) is 3.60. The summed E-state index contributed by atoms with van der Waals surface area (Å²) >= 11 is 3.42. The van der Waals surface area contributed by atoms with E-state index in [1.807, 2.05) is 39.8 Å². The Morgan fingerprint density at radius 1 is 1.35 bits per heavy atom. The molecule has 0 saturated heterocycles. The van der Waals surface area contributed by atoms with Crippen molar-refractivity contribution in [3.8, 4) is 0 Å². The Balaban J connectivity index is 2.69. The van der Waals surface area contributed by atoms with E-state index in [9.17, 15) is 9.90 Å². The molecular weight excluding hydrogens is 320 g/mol. The molecule has 0 aliphatic rings. The van der Waals surface area contributed by atoms with Gasteiger partial charge in [-0.05, 0) is 49.9 Å². The van der Waals surface area contributed by atoms with Crippen molar-refractivity contribution in [3.05, 3.63) is 27.7 Å². The molecule has 4 nitrogen and oxygen atoms in total. The Kier molecular flexibility index (Phi) is 5.59. The predicted octanol–water partition coefficient (Wildman–Crippen LogP) is 3.59. The minimum atomic E-state index is -0.916. The van der Waals surface area contributed by atoms with Crippen LogP contribution >= 0.6 is 15.9 Å². The van der Waals surface area contributed by atoms with Gasteiger partial charge in [-0.3, -0.25) is 0 Å². The van der Waals surface area contributed by atoms with Crippen molar-refractivity contribution in [2.75, 3.05) is 11.9 Å². The minimum absolute atomic E-state index is 0.0685. The maximum Gasteiger partial charge on any atom is 0.319 e. The molecule has 0 spiro atoms. The topological polar surface area (TPSA) is 61.4 Å². The van der Waals surface area contributed by atoms with Crippen LogP contribution in [0.3, 0.4) is 0 Å². The van der Waals surface area contributed by atoms with Gasteiger partial charge in [0.15, 0.2) is 0 Å². The van der Waals surface area contributed by atoms with E-state index in [2.05, 4.69) is 26.6 Å². The molecule has 0 fully saturated rings. The number of amides is 2. The largest absolute Gasteiger partial charge is 0.388 e. The number of halogens is 1. The number of anilines is 1. The second kappa shape index (κ2) is 6.59. The molecule has 0 saturated carbocycles. The summed E-state index contributed by atoms with van der Waals surface area (Å²) < 4.78 is 0.987. The first-order chi connectivity index (χ1) is 9.13. The molecule has 0 aliphatic carbocycles. The molecule has 20 heavy (non-hydrogen) atoms. The summed E-state index contributed by atoms with van der Waals surface area (Å²) in [7, 11) is 0. The summed E-state index contributed by atoms with van der Waals surface area (Å²) in [5.74, 6) is 0.0685. The van der Waals surface area contributed by atoms with E-state index in [0.717, 1.165) is 21.3 Å². The predicted molar refractivity (Wildman–Crippen MR) is 86.1 cm³/mol. The van der Waals surface area contributed by atoms with Gasteiger partial charge in [-0.15, -0.1) is 0 Å². The number of aryl methyl sites for hydroxylation is 2. The lowest BCUT2D eigenvalue weighted by atomic mass is 9.93. The molecule has 2 amide bonds. The third-order valence-electron chi connectivity index (χ3n) is 3.59. The van der Waals surface area contributed by atoms with E-state index in [4.69, 9.17) is 0 Å². The van der Waals surface area contributed by atoms with E-state index in [1.54, 1.807) is 6.92 Å². The quantitative estimate of drug-likeness (QED) is 0.782. The smallest absolute Gasteiger partial charge is 0.319 e. The first kappa shape index (κ1) is 17.0. The Labute approximate surface area is 129 Å². The van der Waals surface area contributed by atoms with Crippen LogP contribution in [-0.2, 0) is 0 Å². The van der Waals surface area contributed by atoms with E-state index in [1.165, 1.54) is 0 Å². The average Bonchev–Trinajstić information content (AvgIpc) is 2.31. The van der Waals surface area contributed by atoms with Crippen molar-refractivity contribution in [1.29, 1.82) is 0 Å². The van der Waals surface area contributed by atoms with Crippen LogP contribution in [0.1, 0.15) is 31.9 Å². The van der Waals surface area contributed by atoms with E-state index in [-0.39, 0.29) is 18.5 Å². The normalized spacial score (nSPS) is 14.0. The zero-order valence-corrected chi connectivity index (χ0v) is 14.3. The maximum atomic E-state index is 11.9. The molecule has 0 aliphatic heterocycles. The fourth-order valence-corrected chi connectivity index (χ4v) is 2.42. The molecule has 112 valence electrons. The zero-order valence-electron chi connectivity index (χ0n) is 12.7. The van der Waals surface area contributed by atoms with Crippen molar-refractivity contribution < 1.29 is 9.90 Å². The Hall–Kier alpha value is -1.07. The van der Waals surface area contributed by atoms with Crippen LogP contribution in [0.4, 0.5) is 10.5 Å². The highest BCUT2D eigenvalue weighted by molar-refractivity contribution is 9.10. The van der Waals surface area contributed by atoms with Gasteiger partial charge in [0.05, 0.1) is 5.60 Å². The van der Waals surface area contributed by atoms with Crippen LogP contribution in [0.5, 0.6) is 0 Å². The van der Waals surface area contributed by atoms with Crippen molar-refractivity contribution >= 4 is 27.6 Å². The molecule has 0 aromatic heterocycles. The number of urea groups is 1. The molecule has 1 aromatic rings. The van der Waals surface area contributed by atoms with Gasteiger partial charge in [0.25, 0.3) is 0 Å². The van der Waals surface area contributed by atoms with Gasteiger partial charge in [-0.1, -0.05) is 29.8 Å². The molecule has 0 radical (unpaired) electrons. The Morgan fingerprint density at radius 3 is 2.30 bits per heavy atom. The maximum absolute atomic E-state index is 11.9. The summed E-state index contributed by atoms with van der Waals surface area (Å²) in [6.45, 7) is 9.65. The first-order valence-electron chi connectivity index (χ1n) is 6.67. The number of rotatable bonds is 4. The van der Waals surface area contributed by atoms with Gasteiger partial charge >= 0.3 is 6.03 Å². The number of hydrogen-bond donors (Lipinski definition) is 3. The lowest BCUT2D eigenvalue weighted by Crippen LogP contribution is -2.45. The third kappa shape index (κ3) is 4.49. The molecule has 1 atom stereocenters. The number of carbonyl (C=O) groups excluding carboxylic acids is 1. The highest BCUT2D eigenvalue weighted by Crippen LogP contribution is 2.25. The van der Waals surface area contributed by atoms with Gasteiger partial charge in [-0.25, -0.2) is 4.79 Å². The van der Waals surface area contributed by atoms with Crippen LogP contribution in [0.15, 0.2) is 16.6 Å². The number of nitrogens with one attached hydrogen (secondary N) is 2. The second-order valence-corrected chi connectivity index (χ2v) is 6.65. The van der Waals surface area contributed by atoms with Gasteiger partial charge in [0.1, 0.15) is 0 Å². The second-order valence-electron chi connectivity index (χ2n) is 5.73. The SMILES string of the molecule is Cc1cc(Br)cc(C)c1NC(=O)NCC(C)(O)C(C)C. The lowest BCUT2D eigenvalue weighted by molar-refractivity contribution is 0.0170. The highest BCUT2D eigenvalue weighted by Gasteiger charge is 2.25. The molecule has 0 bridgehead atoms. The van der Waals surface area contributed by atoms with Crippen LogP contribution in [-0.4, -0.2) is 23.3 Å². The van der Waals surface area contributed by atoms with Gasteiger partial charge in [0.2, 0.25) is 0 Å². The van der Waals surface area contributed by atoms with Crippen molar-refractivity contribution in [2.45, 2.75) is 40.2 Å². The number of aliphatic hydroxyl groups is 1. The van der Waals surface area contributed by atoms with E-state index in [0.29, 0.717) is 0 Å². The first-order valence-corrected chi connectivity index (χ1v) is 7.46. The third-order valence-corrected chi connectivity index (χ3v) is 4.04. The molecule has 1 rings (SSSR count). The van der Waals surface area contributed by atoms with E-state index < -0.39 is 5.60 Å². The van der Waals surface area contributed by atoms with Gasteiger partial charge < -0.3 is 15.7 Å². The molecule has 0 heterocycles. The number of carbonyl (C=O) groups is 1. The van der Waals surface area contributed by atoms with Crippen molar-refractivity contribution in [3.63, 3.8) is 0 Å². The summed E-state index contributed by atoms with van der Waals surface area (Å²) in [5.41, 5.74) is 1.86. The van der Waals surface area contributed by atoms with E-state index >= 15 is 0 Å². The molecular formula is C15H23BrN2O2. The van der Waals surface area contributed by atoms with Crippen LogP contribution in [0, 0.1) is 19.8 Å². The van der Waals surface area contributed by atoms with Gasteiger partial charge in [0, 0.05) is 16.7 Å². The molecule has 5 heteroatoms. The fraction of sp³-hybridized carbons (Fsp3) is 0.533. The van der Waals surface area contributed by atoms with Crippen LogP contribution < -0.4 is 10.6 Å². The Morgan fingerprint density at radius 2 is 1.85 bits per heavy atom. The van der Waals surface area contributed by atoms with Gasteiger partial charge in [-0.2, -0.15) is 0 Å². The van der Waals surface area contributed by atoms with Crippen molar-refractivity contribution in [1.82, 2.24) is 5.32 Å². The zero-order chi connectivity index (χ0) is 15.5. The number of benzene rings is 1. The van der Waals surface area contributed by atoms with Crippen LogP contribution in [0.2, 0.25) is 0 Å². The number of hydrogen-bond acceptors (Lipinski definition) is 2. The summed E-state index contributed by atoms with van der Waals surface area (Å²) in [5, 5.41) is 15.6. The standard InChI is InChI=1S/C15H23BrN2O2/c1-9(2)15(5,20)8-17-14(19)18-13-10(3)6-12(16)7-11(13)4/h6-7,9,20H,8H2,1-5H3,(H2,17,18,19). The molecule has 1 unspecified atom stereocenters.